The molecule has 1 heterocycles. The third kappa shape index (κ3) is 2.30. The first kappa shape index (κ1) is 11.6. The van der Waals surface area contributed by atoms with Gasteiger partial charge in [-0.1, -0.05) is 13.8 Å². The van der Waals surface area contributed by atoms with Gasteiger partial charge < -0.3 is 4.74 Å². The molecule has 0 radical (unpaired) electrons. The summed E-state index contributed by atoms with van der Waals surface area (Å²) in [6.07, 6.45) is 1.78. The zero-order valence-electron chi connectivity index (χ0n) is 10.3. The number of carbonyl (C=O) groups is 1. The van der Waals surface area contributed by atoms with Crippen LogP contribution in [0.2, 0.25) is 0 Å². The van der Waals surface area contributed by atoms with Gasteiger partial charge in [0, 0.05) is 11.9 Å². The van der Waals surface area contributed by atoms with Crippen LogP contribution >= 0.6 is 0 Å². The predicted molar refractivity (Wildman–Crippen MR) is 65.9 cm³/mol. The van der Waals surface area contributed by atoms with Crippen molar-refractivity contribution in [1.29, 1.82) is 0 Å². The van der Waals surface area contributed by atoms with E-state index in [1.54, 1.807) is 12.3 Å². The van der Waals surface area contributed by atoms with Gasteiger partial charge in [-0.15, -0.1) is 0 Å². The molecule has 1 aromatic heterocycles. The number of rotatable bonds is 3. The minimum Gasteiger partial charge on any atom is -0.465 e. The van der Waals surface area contributed by atoms with Gasteiger partial charge in [-0.2, -0.15) is 5.10 Å². The molecule has 0 aliphatic rings. The Morgan fingerprint density at radius 2 is 2.24 bits per heavy atom. The molecule has 0 saturated heterocycles. The molecule has 2 aromatic rings. The van der Waals surface area contributed by atoms with Crippen molar-refractivity contribution in [2.45, 2.75) is 20.4 Å². The number of ether oxygens (including phenoxy) is 1. The van der Waals surface area contributed by atoms with Gasteiger partial charge in [0.25, 0.3) is 0 Å². The highest BCUT2D eigenvalue weighted by molar-refractivity contribution is 5.94. The molecular weight excluding hydrogens is 216 g/mol. The average Bonchev–Trinajstić information content (AvgIpc) is 2.70. The summed E-state index contributed by atoms with van der Waals surface area (Å²) in [6.45, 7) is 5.17. The number of methoxy groups -OCH3 is 1. The molecule has 1 aromatic carbocycles. The SMILES string of the molecule is COC(=O)c1ccc2c(cnn2CC(C)C)c1. The van der Waals surface area contributed by atoms with Crippen LogP contribution in [0.1, 0.15) is 24.2 Å². The van der Waals surface area contributed by atoms with Crippen LogP contribution < -0.4 is 0 Å². The molecular formula is C13H16N2O2. The van der Waals surface area contributed by atoms with Crippen molar-refractivity contribution in [2.75, 3.05) is 7.11 Å². The van der Waals surface area contributed by atoms with Gasteiger partial charge in [-0.25, -0.2) is 4.79 Å². The molecule has 0 N–H and O–H groups in total. The van der Waals surface area contributed by atoms with Crippen molar-refractivity contribution in [2.24, 2.45) is 5.92 Å². The lowest BCUT2D eigenvalue weighted by atomic mass is 10.1. The second-order valence-corrected chi connectivity index (χ2v) is 4.49. The van der Waals surface area contributed by atoms with Crippen molar-refractivity contribution < 1.29 is 9.53 Å². The van der Waals surface area contributed by atoms with Gasteiger partial charge in [0.1, 0.15) is 0 Å². The number of fused-ring (bicyclic) bond motifs is 1. The molecule has 90 valence electrons. The van der Waals surface area contributed by atoms with E-state index in [4.69, 9.17) is 4.74 Å². The van der Waals surface area contributed by atoms with Crippen LogP contribution in [0, 0.1) is 5.92 Å². The average molecular weight is 232 g/mol. The highest BCUT2D eigenvalue weighted by Crippen LogP contribution is 2.17. The normalized spacial score (nSPS) is 11.1. The number of hydrogen-bond acceptors (Lipinski definition) is 3. The molecule has 0 spiro atoms. The Kier molecular flexibility index (Phi) is 3.13. The fourth-order valence-corrected chi connectivity index (χ4v) is 1.82. The predicted octanol–water partition coefficient (Wildman–Crippen LogP) is 2.48. The van der Waals surface area contributed by atoms with Crippen LogP contribution in [0.25, 0.3) is 10.9 Å². The van der Waals surface area contributed by atoms with Gasteiger partial charge in [-0.3, -0.25) is 4.68 Å². The van der Waals surface area contributed by atoms with Crippen molar-refractivity contribution in [3.63, 3.8) is 0 Å². The quantitative estimate of drug-likeness (QED) is 0.764. The van der Waals surface area contributed by atoms with E-state index in [9.17, 15) is 4.79 Å². The largest absolute Gasteiger partial charge is 0.465 e. The van der Waals surface area contributed by atoms with Gasteiger partial charge >= 0.3 is 5.97 Å². The van der Waals surface area contributed by atoms with E-state index in [0.29, 0.717) is 11.5 Å². The molecule has 0 saturated carbocycles. The third-order valence-electron chi connectivity index (χ3n) is 2.60. The Labute approximate surface area is 100 Å². The van der Waals surface area contributed by atoms with E-state index in [0.717, 1.165) is 17.4 Å². The minimum absolute atomic E-state index is 0.316. The first-order chi connectivity index (χ1) is 8.11. The Hall–Kier alpha value is -1.84. The zero-order chi connectivity index (χ0) is 12.4. The molecule has 0 aliphatic heterocycles. The summed E-state index contributed by atoms with van der Waals surface area (Å²) in [5.74, 6) is 0.224. The maximum Gasteiger partial charge on any atom is 0.337 e. The number of carbonyl (C=O) groups excluding carboxylic acids is 1. The molecule has 4 nitrogen and oxygen atoms in total. The fourth-order valence-electron chi connectivity index (χ4n) is 1.82. The van der Waals surface area contributed by atoms with Crippen LogP contribution in [0.4, 0.5) is 0 Å². The van der Waals surface area contributed by atoms with Crippen molar-refractivity contribution in [3.8, 4) is 0 Å². The van der Waals surface area contributed by atoms with Crippen LogP contribution in [-0.2, 0) is 11.3 Å². The summed E-state index contributed by atoms with van der Waals surface area (Å²) in [5, 5.41) is 5.29. The molecule has 2 rings (SSSR count). The highest BCUT2D eigenvalue weighted by Gasteiger charge is 2.09. The number of aromatic nitrogens is 2. The molecule has 0 amide bonds. The summed E-state index contributed by atoms with van der Waals surface area (Å²) in [4.78, 5) is 11.4. The fraction of sp³-hybridized carbons (Fsp3) is 0.385. The van der Waals surface area contributed by atoms with Crippen LogP contribution in [0.5, 0.6) is 0 Å². The van der Waals surface area contributed by atoms with Crippen molar-refractivity contribution in [1.82, 2.24) is 9.78 Å². The Morgan fingerprint density at radius 1 is 1.47 bits per heavy atom. The van der Waals surface area contributed by atoms with E-state index >= 15 is 0 Å². The topological polar surface area (TPSA) is 44.1 Å². The van der Waals surface area contributed by atoms with Gasteiger partial charge in [0.05, 0.1) is 24.4 Å². The first-order valence-electron chi connectivity index (χ1n) is 5.65. The lowest BCUT2D eigenvalue weighted by Crippen LogP contribution is -2.06. The minimum atomic E-state index is -0.316. The molecule has 4 heteroatoms. The zero-order valence-corrected chi connectivity index (χ0v) is 10.3. The monoisotopic (exact) mass is 232 g/mol. The Bertz CT molecular complexity index is 543. The molecule has 0 fully saturated rings. The molecule has 17 heavy (non-hydrogen) atoms. The summed E-state index contributed by atoms with van der Waals surface area (Å²) in [5.41, 5.74) is 1.61. The standard InChI is InChI=1S/C13H16N2O2/c1-9(2)8-15-12-5-4-10(13(16)17-3)6-11(12)7-14-15/h4-7,9H,8H2,1-3H3. The van der Waals surface area contributed by atoms with E-state index in [1.165, 1.54) is 7.11 Å². The lowest BCUT2D eigenvalue weighted by Gasteiger charge is -2.06. The molecule has 0 atom stereocenters. The number of nitrogens with zero attached hydrogens (tertiary/aromatic N) is 2. The summed E-state index contributed by atoms with van der Waals surface area (Å²) < 4.78 is 6.65. The van der Waals surface area contributed by atoms with Gasteiger partial charge in [0.2, 0.25) is 0 Å². The van der Waals surface area contributed by atoms with E-state index < -0.39 is 0 Å². The number of hydrogen-bond donors (Lipinski definition) is 0. The smallest absolute Gasteiger partial charge is 0.337 e. The summed E-state index contributed by atoms with van der Waals surface area (Å²) >= 11 is 0. The molecule has 0 aliphatic carbocycles. The van der Waals surface area contributed by atoms with Crippen LogP contribution in [0.15, 0.2) is 24.4 Å². The van der Waals surface area contributed by atoms with Crippen molar-refractivity contribution in [3.05, 3.63) is 30.0 Å². The maximum atomic E-state index is 11.4. The van der Waals surface area contributed by atoms with Gasteiger partial charge in [-0.05, 0) is 24.1 Å². The Morgan fingerprint density at radius 3 is 2.88 bits per heavy atom. The first-order valence-corrected chi connectivity index (χ1v) is 5.65. The maximum absolute atomic E-state index is 11.4. The highest BCUT2D eigenvalue weighted by atomic mass is 16.5. The number of benzene rings is 1. The third-order valence-corrected chi connectivity index (χ3v) is 2.60. The van der Waals surface area contributed by atoms with E-state index in [-0.39, 0.29) is 5.97 Å². The van der Waals surface area contributed by atoms with E-state index in [1.807, 2.05) is 16.8 Å². The summed E-state index contributed by atoms with van der Waals surface area (Å²) in [7, 11) is 1.38. The molecule has 0 unspecified atom stereocenters. The van der Waals surface area contributed by atoms with Gasteiger partial charge in [0.15, 0.2) is 0 Å². The summed E-state index contributed by atoms with van der Waals surface area (Å²) in [6, 6.07) is 5.49. The van der Waals surface area contributed by atoms with Crippen LogP contribution in [-0.4, -0.2) is 22.9 Å². The van der Waals surface area contributed by atoms with E-state index in [2.05, 4.69) is 18.9 Å². The Balaban J connectivity index is 2.41. The van der Waals surface area contributed by atoms with Crippen molar-refractivity contribution >= 4 is 16.9 Å². The lowest BCUT2D eigenvalue weighted by molar-refractivity contribution is 0.0601. The number of esters is 1. The second kappa shape index (κ2) is 4.57. The second-order valence-electron chi connectivity index (χ2n) is 4.49. The molecule has 0 bridgehead atoms. The van der Waals surface area contributed by atoms with Crippen LogP contribution in [0.3, 0.4) is 0 Å².